The summed E-state index contributed by atoms with van der Waals surface area (Å²) >= 11 is 3.75. The smallest absolute Gasteiger partial charge is 0.0985 e. The van der Waals surface area contributed by atoms with Gasteiger partial charge in [0.25, 0.3) is 0 Å². The number of benzene rings is 5. The van der Waals surface area contributed by atoms with E-state index in [4.69, 9.17) is 4.98 Å². The molecule has 0 aliphatic carbocycles. The van der Waals surface area contributed by atoms with Gasteiger partial charge in [0.05, 0.1) is 32.6 Å². The van der Waals surface area contributed by atoms with Crippen LogP contribution in [-0.2, 0) is 0 Å². The number of aromatic nitrogens is 2. The SMILES string of the molecule is c1ccc(-c2ccc3c(n2)c2c4sc5ccccc5c4ccc2n3-c2cccc3c2sc2ccccc23)cc1. The highest BCUT2D eigenvalue weighted by molar-refractivity contribution is 7.27. The Morgan fingerprint density at radius 2 is 1.13 bits per heavy atom. The van der Waals surface area contributed by atoms with Crippen LogP contribution in [0.5, 0.6) is 0 Å². The fraction of sp³-hybridized carbons (Fsp3) is 0. The Balaban J connectivity index is 1.47. The monoisotopic (exact) mass is 532 g/mol. The van der Waals surface area contributed by atoms with Gasteiger partial charge in [-0.2, -0.15) is 0 Å². The summed E-state index contributed by atoms with van der Waals surface area (Å²) in [4.78, 5) is 5.35. The van der Waals surface area contributed by atoms with Gasteiger partial charge in [-0.05, 0) is 36.4 Å². The Bertz CT molecular complexity index is 2390. The first kappa shape index (κ1) is 21.4. The molecule has 182 valence electrons. The van der Waals surface area contributed by atoms with E-state index >= 15 is 0 Å². The summed E-state index contributed by atoms with van der Waals surface area (Å²) in [5, 5.41) is 6.47. The molecule has 0 radical (unpaired) electrons. The second-order valence-electron chi connectivity index (χ2n) is 9.95. The molecule has 4 heteroatoms. The van der Waals surface area contributed by atoms with Crippen molar-refractivity contribution in [3.05, 3.63) is 121 Å². The Morgan fingerprint density at radius 3 is 1.92 bits per heavy atom. The predicted octanol–water partition coefficient (Wildman–Crippen LogP) is 10.6. The number of pyridine rings is 1. The molecule has 5 aromatic carbocycles. The number of rotatable bonds is 2. The minimum atomic E-state index is 1.00. The van der Waals surface area contributed by atoms with E-state index in [1.54, 1.807) is 0 Å². The van der Waals surface area contributed by atoms with E-state index in [9.17, 15) is 0 Å². The Morgan fingerprint density at radius 1 is 0.487 bits per heavy atom. The van der Waals surface area contributed by atoms with Crippen molar-refractivity contribution in [1.29, 1.82) is 0 Å². The molecule has 0 amide bonds. The van der Waals surface area contributed by atoms with Gasteiger partial charge >= 0.3 is 0 Å². The van der Waals surface area contributed by atoms with Crippen LogP contribution in [0.3, 0.4) is 0 Å². The number of hydrogen-bond donors (Lipinski definition) is 0. The second kappa shape index (κ2) is 8.00. The second-order valence-corrected chi connectivity index (χ2v) is 12.1. The summed E-state index contributed by atoms with van der Waals surface area (Å²) in [5.74, 6) is 0. The molecule has 0 unspecified atom stereocenters. The molecule has 2 nitrogen and oxygen atoms in total. The van der Waals surface area contributed by atoms with Crippen molar-refractivity contribution in [1.82, 2.24) is 9.55 Å². The zero-order chi connectivity index (χ0) is 25.5. The lowest BCUT2D eigenvalue weighted by Gasteiger charge is -2.09. The van der Waals surface area contributed by atoms with Gasteiger partial charge in [0, 0.05) is 46.6 Å². The van der Waals surface area contributed by atoms with Crippen molar-refractivity contribution < 1.29 is 0 Å². The van der Waals surface area contributed by atoms with Gasteiger partial charge in [-0.1, -0.05) is 84.9 Å². The molecule has 4 aromatic heterocycles. The average Bonchev–Trinajstić information content (AvgIpc) is 3.66. The van der Waals surface area contributed by atoms with Crippen molar-refractivity contribution >= 4 is 85.0 Å². The van der Waals surface area contributed by atoms with E-state index in [1.165, 1.54) is 56.9 Å². The maximum absolute atomic E-state index is 5.35. The molecule has 4 heterocycles. The standard InChI is InChI=1S/C35H20N2S2/c1-2-9-21(10-3-1)26-18-20-28-33(36-26)32-27(19-17-25-23-12-5-7-16-31(23)39-35(25)32)37(28)29-14-8-13-24-22-11-4-6-15-30(22)38-34(24)29/h1-20H. The summed E-state index contributed by atoms with van der Waals surface area (Å²) in [7, 11) is 0. The van der Waals surface area contributed by atoms with E-state index in [-0.39, 0.29) is 0 Å². The van der Waals surface area contributed by atoms with Crippen LogP contribution in [0.1, 0.15) is 0 Å². The molecule has 0 spiro atoms. The first-order chi connectivity index (χ1) is 19.3. The fourth-order valence-electron chi connectivity index (χ4n) is 6.08. The lowest BCUT2D eigenvalue weighted by atomic mass is 10.1. The summed E-state index contributed by atoms with van der Waals surface area (Å²) in [6.07, 6.45) is 0. The Kier molecular flexibility index (Phi) is 4.39. The third-order valence-corrected chi connectivity index (χ3v) is 10.2. The van der Waals surface area contributed by atoms with E-state index in [0.717, 1.165) is 22.3 Å². The maximum atomic E-state index is 5.35. The van der Waals surface area contributed by atoms with Crippen LogP contribution in [0, 0.1) is 0 Å². The van der Waals surface area contributed by atoms with Gasteiger partial charge in [-0.25, -0.2) is 4.98 Å². The van der Waals surface area contributed by atoms with Gasteiger partial charge in [0.15, 0.2) is 0 Å². The molecule has 0 bridgehead atoms. The number of fused-ring (bicyclic) bond motifs is 10. The minimum absolute atomic E-state index is 1.00. The average molecular weight is 533 g/mol. The number of thiophene rings is 2. The highest BCUT2D eigenvalue weighted by atomic mass is 32.1. The van der Waals surface area contributed by atoms with Crippen molar-refractivity contribution in [3.63, 3.8) is 0 Å². The molecular weight excluding hydrogens is 513 g/mol. The Labute approximate surface area is 232 Å². The highest BCUT2D eigenvalue weighted by Crippen LogP contribution is 2.45. The van der Waals surface area contributed by atoms with Gasteiger partial charge in [0.2, 0.25) is 0 Å². The molecule has 9 rings (SSSR count). The molecule has 0 aliphatic heterocycles. The fourth-order valence-corrected chi connectivity index (χ4v) is 8.53. The van der Waals surface area contributed by atoms with Crippen LogP contribution in [0.4, 0.5) is 0 Å². The third-order valence-electron chi connectivity index (χ3n) is 7.81. The van der Waals surface area contributed by atoms with E-state index in [0.29, 0.717) is 0 Å². The molecule has 0 N–H and O–H groups in total. The van der Waals surface area contributed by atoms with Crippen LogP contribution in [0.2, 0.25) is 0 Å². The zero-order valence-corrected chi connectivity index (χ0v) is 22.4. The molecule has 0 saturated heterocycles. The summed E-state index contributed by atoms with van der Waals surface area (Å²) in [5.41, 5.74) is 6.74. The van der Waals surface area contributed by atoms with Crippen LogP contribution >= 0.6 is 22.7 Å². The number of hydrogen-bond acceptors (Lipinski definition) is 3. The van der Waals surface area contributed by atoms with Crippen molar-refractivity contribution in [3.8, 4) is 16.9 Å². The zero-order valence-electron chi connectivity index (χ0n) is 20.8. The predicted molar refractivity (Wildman–Crippen MR) is 170 cm³/mol. The normalized spacial score (nSPS) is 12.1. The van der Waals surface area contributed by atoms with Crippen LogP contribution < -0.4 is 0 Å². The first-order valence-electron chi connectivity index (χ1n) is 13.1. The van der Waals surface area contributed by atoms with Crippen LogP contribution in [-0.4, -0.2) is 9.55 Å². The number of nitrogens with zero attached hydrogens (tertiary/aromatic N) is 2. The molecule has 9 aromatic rings. The topological polar surface area (TPSA) is 17.8 Å². The molecular formula is C35H20N2S2. The summed E-state index contributed by atoms with van der Waals surface area (Å²) in [6, 6.07) is 43.7. The molecule has 0 aliphatic rings. The van der Waals surface area contributed by atoms with E-state index in [1.807, 2.05) is 22.7 Å². The minimum Gasteiger partial charge on any atom is -0.306 e. The lowest BCUT2D eigenvalue weighted by molar-refractivity contribution is 1.20. The maximum Gasteiger partial charge on any atom is 0.0985 e. The summed E-state index contributed by atoms with van der Waals surface area (Å²) < 4.78 is 7.68. The van der Waals surface area contributed by atoms with Crippen molar-refractivity contribution in [2.75, 3.05) is 0 Å². The first-order valence-corrected chi connectivity index (χ1v) is 14.7. The van der Waals surface area contributed by atoms with Crippen molar-refractivity contribution in [2.45, 2.75) is 0 Å². The van der Waals surface area contributed by atoms with Gasteiger partial charge in [-0.15, -0.1) is 22.7 Å². The molecule has 0 atom stereocenters. The molecule has 0 saturated carbocycles. The van der Waals surface area contributed by atoms with Gasteiger partial charge in [-0.3, -0.25) is 0 Å². The molecule has 39 heavy (non-hydrogen) atoms. The largest absolute Gasteiger partial charge is 0.306 e. The highest BCUT2D eigenvalue weighted by Gasteiger charge is 2.21. The Hall–Kier alpha value is -4.51. The van der Waals surface area contributed by atoms with Gasteiger partial charge in [0.1, 0.15) is 0 Å². The quantitative estimate of drug-likeness (QED) is 0.216. The lowest BCUT2D eigenvalue weighted by Crippen LogP contribution is -1.94. The summed E-state index contributed by atoms with van der Waals surface area (Å²) in [6.45, 7) is 0. The van der Waals surface area contributed by atoms with E-state index in [2.05, 4.69) is 126 Å². The molecule has 0 fully saturated rings. The van der Waals surface area contributed by atoms with E-state index < -0.39 is 0 Å². The van der Waals surface area contributed by atoms with Gasteiger partial charge < -0.3 is 4.57 Å². The third kappa shape index (κ3) is 2.98. The van der Waals surface area contributed by atoms with Crippen molar-refractivity contribution in [2.24, 2.45) is 0 Å². The van der Waals surface area contributed by atoms with Crippen LogP contribution in [0.25, 0.3) is 79.2 Å². The van der Waals surface area contributed by atoms with Crippen LogP contribution in [0.15, 0.2) is 121 Å².